The van der Waals surface area contributed by atoms with E-state index in [-0.39, 0.29) is 11.3 Å². The minimum Gasteiger partial charge on any atom is -0.344 e. The number of aryl methyl sites for hydroxylation is 1. The van der Waals surface area contributed by atoms with E-state index in [1.807, 2.05) is 19.1 Å². The molecule has 2 nitrogen and oxygen atoms in total. The molecule has 5 heteroatoms. The summed E-state index contributed by atoms with van der Waals surface area (Å²) in [6.07, 6.45) is -4.11. The topological polar surface area (TPSA) is 20.3 Å². The molecule has 0 radical (unpaired) electrons. The van der Waals surface area contributed by atoms with Crippen molar-refractivity contribution in [1.82, 2.24) is 0 Å². The Morgan fingerprint density at radius 1 is 1.05 bits per heavy atom. The van der Waals surface area contributed by atoms with Gasteiger partial charge in [-0.1, -0.05) is 18.2 Å². The number of hydrogen-bond donors (Lipinski definition) is 0. The molecule has 0 unspecified atom stereocenters. The predicted molar refractivity (Wildman–Crippen MR) is 76.1 cm³/mol. The highest BCUT2D eigenvalue weighted by Gasteiger charge is 2.35. The summed E-state index contributed by atoms with van der Waals surface area (Å²) in [5.41, 5.74) is 0.749. The number of nitrogens with zero attached hydrogens (tertiary/aromatic N) is 1. The van der Waals surface area contributed by atoms with Gasteiger partial charge in [-0.05, 0) is 36.8 Å². The number of carbonyl (C=O) groups excluding carboxylic acids is 1. The summed E-state index contributed by atoms with van der Waals surface area (Å²) in [6.45, 7) is 1.83. The van der Waals surface area contributed by atoms with Gasteiger partial charge in [0.1, 0.15) is 6.29 Å². The number of para-hydroxylation sites is 1. The third kappa shape index (κ3) is 3.07. The smallest absolute Gasteiger partial charge is 0.344 e. The summed E-state index contributed by atoms with van der Waals surface area (Å²) in [4.78, 5) is 12.2. The molecule has 0 aliphatic heterocycles. The van der Waals surface area contributed by atoms with Crippen molar-refractivity contribution in [1.29, 1.82) is 0 Å². The Labute approximate surface area is 120 Å². The molecule has 110 valence electrons. The summed E-state index contributed by atoms with van der Waals surface area (Å²) < 4.78 is 39.6. The first kappa shape index (κ1) is 15.1. The van der Waals surface area contributed by atoms with Crippen LogP contribution >= 0.6 is 0 Å². The van der Waals surface area contributed by atoms with Gasteiger partial charge < -0.3 is 4.90 Å². The van der Waals surface area contributed by atoms with E-state index in [9.17, 15) is 18.0 Å². The molecule has 0 amide bonds. The number of benzene rings is 2. The van der Waals surface area contributed by atoms with Crippen LogP contribution < -0.4 is 4.90 Å². The Morgan fingerprint density at radius 2 is 1.71 bits per heavy atom. The molecule has 0 saturated heterocycles. The summed E-state index contributed by atoms with van der Waals surface area (Å²) in [7, 11) is 1.58. The highest BCUT2D eigenvalue weighted by molar-refractivity contribution is 5.78. The van der Waals surface area contributed by atoms with Gasteiger partial charge in [0.2, 0.25) is 0 Å². The lowest BCUT2D eigenvalue weighted by Crippen LogP contribution is -2.17. The first-order valence-electron chi connectivity index (χ1n) is 6.30. The SMILES string of the molecule is Cc1ccccc1N(C)c1ccc(C=O)cc1C(F)(F)F. The highest BCUT2D eigenvalue weighted by atomic mass is 19.4. The van der Waals surface area contributed by atoms with Gasteiger partial charge in [0.15, 0.2) is 0 Å². The molecular formula is C16H14F3NO. The fourth-order valence-electron chi connectivity index (χ4n) is 2.22. The van der Waals surface area contributed by atoms with Crippen LogP contribution in [0.5, 0.6) is 0 Å². The molecule has 0 bridgehead atoms. The third-order valence-electron chi connectivity index (χ3n) is 3.30. The second kappa shape index (κ2) is 5.60. The molecule has 2 aromatic carbocycles. The number of alkyl halides is 3. The maximum absolute atomic E-state index is 13.2. The number of hydrogen-bond acceptors (Lipinski definition) is 2. The molecule has 0 saturated carbocycles. The Kier molecular flexibility index (Phi) is 4.02. The maximum Gasteiger partial charge on any atom is 0.418 e. The first-order valence-corrected chi connectivity index (χ1v) is 6.30. The first-order chi connectivity index (χ1) is 9.84. The second-order valence-corrected chi connectivity index (χ2v) is 4.74. The number of carbonyl (C=O) groups is 1. The summed E-state index contributed by atoms with van der Waals surface area (Å²) >= 11 is 0. The van der Waals surface area contributed by atoms with Crippen LogP contribution in [0.3, 0.4) is 0 Å². The van der Waals surface area contributed by atoms with Crippen molar-refractivity contribution in [3.05, 3.63) is 59.2 Å². The van der Waals surface area contributed by atoms with Crippen LogP contribution in [0.4, 0.5) is 24.5 Å². The maximum atomic E-state index is 13.2. The van der Waals surface area contributed by atoms with Crippen molar-refractivity contribution in [3.8, 4) is 0 Å². The van der Waals surface area contributed by atoms with Crippen molar-refractivity contribution in [3.63, 3.8) is 0 Å². The summed E-state index contributed by atoms with van der Waals surface area (Å²) in [5, 5.41) is 0. The van der Waals surface area contributed by atoms with E-state index in [2.05, 4.69) is 0 Å². The quantitative estimate of drug-likeness (QED) is 0.771. The zero-order valence-corrected chi connectivity index (χ0v) is 11.6. The molecule has 0 atom stereocenters. The fourth-order valence-corrected chi connectivity index (χ4v) is 2.22. The van der Waals surface area contributed by atoms with Gasteiger partial charge in [-0.2, -0.15) is 13.2 Å². The minimum atomic E-state index is -4.52. The average Bonchev–Trinajstić information content (AvgIpc) is 2.45. The second-order valence-electron chi connectivity index (χ2n) is 4.74. The van der Waals surface area contributed by atoms with Crippen LogP contribution in [-0.2, 0) is 6.18 Å². The molecule has 0 aliphatic rings. The van der Waals surface area contributed by atoms with Crippen molar-refractivity contribution >= 4 is 17.7 Å². The normalized spacial score (nSPS) is 11.3. The van der Waals surface area contributed by atoms with Crippen LogP contribution in [0, 0.1) is 6.92 Å². The lowest BCUT2D eigenvalue weighted by atomic mass is 10.1. The fraction of sp³-hybridized carbons (Fsp3) is 0.188. The summed E-state index contributed by atoms with van der Waals surface area (Å²) in [5.74, 6) is 0. The van der Waals surface area contributed by atoms with Crippen molar-refractivity contribution < 1.29 is 18.0 Å². The van der Waals surface area contributed by atoms with Gasteiger partial charge in [0.25, 0.3) is 0 Å². The number of anilines is 2. The zero-order chi connectivity index (χ0) is 15.6. The third-order valence-corrected chi connectivity index (χ3v) is 3.30. The number of halogens is 3. The summed E-state index contributed by atoms with van der Waals surface area (Å²) in [6, 6.07) is 10.8. The Morgan fingerprint density at radius 3 is 2.29 bits per heavy atom. The van der Waals surface area contributed by atoms with Gasteiger partial charge in [-0.3, -0.25) is 4.79 Å². The molecule has 0 spiro atoms. The van der Waals surface area contributed by atoms with Crippen molar-refractivity contribution in [2.45, 2.75) is 13.1 Å². The molecule has 21 heavy (non-hydrogen) atoms. The van der Waals surface area contributed by atoms with E-state index in [0.717, 1.165) is 11.6 Å². The van der Waals surface area contributed by atoms with Gasteiger partial charge in [-0.25, -0.2) is 0 Å². The lowest BCUT2D eigenvalue weighted by Gasteiger charge is -2.25. The lowest BCUT2D eigenvalue weighted by molar-refractivity contribution is -0.137. The molecule has 0 N–H and O–H groups in total. The van der Waals surface area contributed by atoms with Crippen molar-refractivity contribution in [2.24, 2.45) is 0 Å². The Hall–Kier alpha value is -2.30. The van der Waals surface area contributed by atoms with Gasteiger partial charge in [0, 0.05) is 18.3 Å². The van der Waals surface area contributed by atoms with Crippen molar-refractivity contribution in [2.75, 3.05) is 11.9 Å². The van der Waals surface area contributed by atoms with Crippen LogP contribution in [0.2, 0.25) is 0 Å². The van der Waals surface area contributed by atoms with E-state index in [1.54, 1.807) is 19.2 Å². The van der Waals surface area contributed by atoms with E-state index in [4.69, 9.17) is 0 Å². The standard InChI is InChI=1S/C16H14F3NO/c1-11-5-3-4-6-14(11)20(2)15-8-7-12(10-21)9-13(15)16(17,18)19/h3-10H,1-2H3. The highest BCUT2D eigenvalue weighted by Crippen LogP contribution is 2.39. The number of aldehydes is 1. The average molecular weight is 293 g/mol. The molecule has 0 aliphatic carbocycles. The van der Waals surface area contributed by atoms with Crippen LogP contribution in [0.1, 0.15) is 21.5 Å². The molecule has 0 aromatic heterocycles. The largest absolute Gasteiger partial charge is 0.418 e. The monoisotopic (exact) mass is 293 g/mol. The van der Waals surface area contributed by atoms with E-state index < -0.39 is 11.7 Å². The molecule has 0 fully saturated rings. The van der Waals surface area contributed by atoms with E-state index >= 15 is 0 Å². The Bertz CT molecular complexity index is 665. The van der Waals surface area contributed by atoms with Gasteiger partial charge in [-0.15, -0.1) is 0 Å². The predicted octanol–water partition coefficient (Wildman–Crippen LogP) is 4.59. The van der Waals surface area contributed by atoms with E-state index in [0.29, 0.717) is 12.0 Å². The minimum absolute atomic E-state index is 0.00394. The van der Waals surface area contributed by atoms with Gasteiger partial charge in [0.05, 0.1) is 11.3 Å². The molecule has 2 rings (SSSR count). The van der Waals surface area contributed by atoms with E-state index in [1.165, 1.54) is 17.0 Å². The van der Waals surface area contributed by atoms with Crippen LogP contribution in [-0.4, -0.2) is 13.3 Å². The Balaban J connectivity index is 2.58. The van der Waals surface area contributed by atoms with Crippen LogP contribution in [0.25, 0.3) is 0 Å². The molecule has 2 aromatic rings. The van der Waals surface area contributed by atoms with Crippen LogP contribution in [0.15, 0.2) is 42.5 Å². The zero-order valence-electron chi connectivity index (χ0n) is 11.6. The molecular weight excluding hydrogens is 279 g/mol. The number of rotatable bonds is 3. The molecule has 0 heterocycles. The van der Waals surface area contributed by atoms with Gasteiger partial charge >= 0.3 is 6.18 Å².